The first-order valence-electron chi connectivity index (χ1n) is 9.36. The largest absolute Gasteiger partial charge is 0.294 e. The Morgan fingerprint density at radius 3 is 2.96 bits per heavy atom. The van der Waals surface area contributed by atoms with E-state index in [4.69, 9.17) is 4.98 Å². The maximum Gasteiger partial charge on any atom is 0.0854 e. The third kappa shape index (κ3) is 3.15. The standard InChI is InChI=1S/C23H21N3S/c1-16-5-2-6-17-13-19(23(25-22(16)17)21-8-4-12-27-21)15-26-11-9-20-18(14-26)7-3-10-24-20/h2-8,10,12-13H,9,11,14-15H2,1H3. The zero-order valence-electron chi connectivity index (χ0n) is 15.4. The van der Waals surface area contributed by atoms with Crippen molar-refractivity contribution in [2.24, 2.45) is 0 Å². The topological polar surface area (TPSA) is 29.0 Å². The monoisotopic (exact) mass is 371 g/mol. The highest BCUT2D eigenvalue weighted by Crippen LogP contribution is 2.31. The molecule has 27 heavy (non-hydrogen) atoms. The molecular formula is C23H21N3S. The number of hydrogen-bond donors (Lipinski definition) is 0. The molecule has 0 spiro atoms. The lowest BCUT2D eigenvalue weighted by molar-refractivity contribution is 0.243. The smallest absolute Gasteiger partial charge is 0.0854 e. The second-order valence-corrected chi connectivity index (χ2v) is 8.14. The van der Waals surface area contributed by atoms with E-state index >= 15 is 0 Å². The van der Waals surface area contributed by atoms with Gasteiger partial charge in [-0.05, 0) is 47.2 Å². The van der Waals surface area contributed by atoms with Crippen LogP contribution in [0.5, 0.6) is 0 Å². The number of fused-ring (bicyclic) bond motifs is 2. The van der Waals surface area contributed by atoms with Gasteiger partial charge in [-0.15, -0.1) is 11.3 Å². The van der Waals surface area contributed by atoms with Crippen molar-refractivity contribution in [2.45, 2.75) is 26.4 Å². The van der Waals surface area contributed by atoms with E-state index < -0.39 is 0 Å². The number of nitrogens with zero attached hydrogens (tertiary/aromatic N) is 3. The molecular weight excluding hydrogens is 350 g/mol. The third-order valence-electron chi connectivity index (χ3n) is 5.32. The summed E-state index contributed by atoms with van der Waals surface area (Å²) in [6.07, 6.45) is 2.92. The number of hydrogen-bond acceptors (Lipinski definition) is 4. The van der Waals surface area contributed by atoms with Gasteiger partial charge in [0.1, 0.15) is 0 Å². The first-order chi connectivity index (χ1) is 13.3. The van der Waals surface area contributed by atoms with E-state index in [0.29, 0.717) is 0 Å². The quantitative estimate of drug-likeness (QED) is 0.494. The average molecular weight is 372 g/mol. The van der Waals surface area contributed by atoms with Crippen LogP contribution in [-0.2, 0) is 19.5 Å². The fraction of sp³-hybridized carbons (Fsp3) is 0.217. The van der Waals surface area contributed by atoms with Crippen molar-refractivity contribution in [3.63, 3.8) is 0 Å². The van der Waals surface area contributed by atoms with E-state index in [1.165, 1.54) is 32.6 Å². The van der Waals surface area contributed by atoms with Gasteiger partial charge in [-0.2, -0.15) is 0 Å². The Morgan fingerprint density at radius 2 is 2.07 bits per heavy atom. The predicted octanol–water partition coefficient (Wildman–Crippen LogP) is 5.23. The Bertz CT molecular complexity index is 1100. The van der Waals surface area contributed by atoms with E-state index in [1.54, 1.807) is 11.3 Å². The predicted molar refractivity (Wildman–Crippen MR) is 112 cm³/mol. The number of aromatic nitrogens is 2. The number of aryl methyl sites for hydroxylation is 1. The number of rotatable bonds is 3. The van der Waals surface area contributed by atoms with Gasteiger partial charge in [-0.3, -0.25) is 9.88 Å². The molecule has 0 amide bonds. The lowest BCUT2D eigenvalue weighted by Gasteiger charge is -2.28. The van der Waals surface area contributed by atoms with Crippen molar-refractivity contribution >= 4 is 22.2 Å². The van der Waals surface area contributed by atoms with E-state index in [0.717, 1.165) is 37.3 Å². The minimum atomic E-state index is 0.915. The van der Waals surface area contributed by atoms with E-state index in [9.17, 15) is 0 Å². The average Bonchev–Trinajstić information content (AvgIpc) is 3.22. The van der Waals surface area contributed by atoms with Gasteiger partial charge in [0.25, 0.3) is 0 Å². The van der Waals surface area contributed by atoms with Crippen molar-refractivity contribution in [2.75, 3.05) is 6.54 Å². The number of para-hydroxylation sites is 1. The van der Waals surface area contributed by atoms with Gasteiger partial charge < -0.3 is 0 Å². The first kappa shape index (κ1) is 16.6. The van der Waals surface area contributed by atoms with Crippen LogP contribution in [-0.4, -0.2) is 21.4 Å². The summed E-state index contributed by atoms with van der Waals surface area (Å²) < 4.78 is 0. The van der Waals surface area contributed by atoms with E-state index in [2.05, 4.69) is 64.7 Å². The summed E-state index contributed by atoms with van der Waals surface area (Å²) in [5, 5.41) is 3.36. The lowest BCUT2D eigenvalue weighted by Crippen LogP contribution is -2.30. The molecule has 0 aliphatic carbocycles. The zero-order chi connectivity index (χ0) is 18.2. The summed E-state index contributed by atoms with van der Waals surface area (Å²) in [6, 6.07) is 17.3. The minimum absolute atomic E-state index is 0.915. The summed E-state index contributed by atoms with van der Waals surface area (Å²) in [5.74, 6) is 0. The molecule has 3 aromatic heterocycles. The molecule has 0 bridgehead atoms. The Kier molecular flexibility index (Phi) is 4.23. The highest BCUT2D eigenvalue weighted by molar-refractivity contribution is 7.13. The molecule has 5 rings (SSSR count). The maximum absolute atomic E-state index is 5.10. The minimum Gasteiger partial charge on any atom is -0.294 e. The third-order valence-corrected chi connectivity index (χ3v) is 6.19. The molecule has 0 atom stereocenters. The highest BCUT2D eigenvalue weighted by atomic mass is 32.1. The summed E-state index contributed by atoms with van der Waals surface area (Å²) in [4.78, 5) is 13.4. The fourth-order valence-corrected chi connectivity index (χ4v) is 4.69. The van der Waals surface area contributed by atoms with Gasteiger partial charge in [-0.1, -0.05) is 30.3 Å². The van der Waals surface area contributed by atoms with E-state index in [1.807, 2.05) is 12.3 Å². The van der Waals surface area contributed by atoms with Crippen molar-refractivity contribution in [1.29, 1.82) is 0 Å². The molecule has 1 aliphatic heterocycles. The van der Waals surface area contributed by atoms with Crippen molar-refractivity contribution in [1.82, 2.24) is 14.9 Å². The molecule has 1 aromatic carbocycles. The van der Waals surface area contributed by atoms with Crippen LogP contribution in [0.2, 0.25) is 0 Å². The van der Waals surface area contributed by atoms with Gasteiger partial charge in [0, 0.05) is 43.3 Å². The van der Waals surface area contributed by atoms with Crippen LogP contribution in [0.3, 0.4) is 0 Å². The number of pyridine rings is 2. The maximum atomic E-state index is 5.10. The van der Waals surface area contributed by atoms with Gasteiger partial charge >= 0.3 is 0 Å². The van der Waals surface area contributed by atoms with Crippen molar-refractivity contribution in [3.8, 4) is 10.6 Å². The zero-order valence-corrected chi connectivity index (χ0v) is 16.2. The normalized spacial score (nSPS) is 14.4. The fourth-order valence-electron chi connectivity index (χ4n) is 3.94. The number of thiophene rings is 1. The Balaban J connectivity index is 1.55. The van der Waals surface area contributed by atoms with Crippen molar-refractivity contribution < 1.29 is 0 Å². The van der Waals surface area contributed by atoms with Crippen LogP contribution in [0.15, 0.2) is 60.1 Å². The van der Waals surface area contributed by atoms with Gasteiger partial charge in [0.15, 0.2) is 0 Å². The lowest BCUT2D eigenvalue weighted by atomic mass is 10.0. The van der Waals surface area contributed by atoms with Crippen LogP contribution in [0.25, 0.3) is 21.5 Å². The molecule has 1 aliphatic rings. The molecule has 0 N–H and O–H groups in total. The molecule has 0 radical (unpaired) electrons. The molecule has 0 unspecified atom stereocenters. The Labute approximate surface area is 163 Å². The van der Waals surface area contributed by atoms with Crippen LogP contribution >= 0.6 is 11.3 Å². The van der Waals surface area contributed by atoms with Gasteiger partial charge in [0.2, 0.25) is 0 Å². The molecule has 0 saturated heterocycles. The summed E-state index contributed by atoms with van der Waals surface area (Å²) in [6.45, 7) is 5.05. The Morgan fingerprint density at radius 1 is 1.11 bits per heavy atom. The molecule has 134 valence electrons. The van der Waals surface area contributed by atoms with Gasteiger partial charge in [-0.25, -0.2) is 4.98 Å². The van der Waals surface area contributed by atoms with Gasteiger partial charge in [0.05, 0.1) is 16.1 Å². The summed E-state index contributed by atoms with van der Waals surface area (Å²) in [5.41, 5.74) is 7.38. The molecule has 3 nitrogen and oxygen atoms in total. The first-order valence-corrected chi connectivity index (χ1v) is 10.2. The molecule has 4 heteroatoms. The molecule has 0 saturated carbocycles. The summed E-state index contributed by atoms with van der Waals surface area (Å²) >= 11 is 1.76. The second-order valence-electron chi connectivity index (χ2n) is 7.19. The van der Waals surface area contributed by atoms with Crippen LogP contribution in [0.1, 0.15) is 22.4 Å². The molecule has 4 aromatic rings. The summed E-state index contributed by atoms with van der Waals surface area (Å²) in [7, 11) is 0. The number of benzene rings is 1. The molecule has 0 fully saturated rings. The van der Waals surface area contributed by atoms with Crippen LogP contribution in [0, 0.1) is 6.92 Å². The van der Waals surface area contributed by atoms with Crippen molar-refractivity contribution in [3.05, 3.63) is 82.5 Å². The second kappa shape index (κ2) is 6.87. The Hall–Kier alpha value is -2.56. The highest BCUT2D eigenvalue weighted by Gasteiger charge is 2.19. The van der Waals surface area contributed by atoms with Crippen LogP contribution in [0.4, 0.5) is 0 Å². The van der Waals surface area contributed by atoms with E-state index in [-0.39, 0.29) is 0 Å². The SMILES string of the molecule is Cc1cccc2cc(CN3CCc4ncccc4C3)c(-c3cccs3)nc12. The molecule has 4 heterocycles. The van der Waals surface area contributed by atoms with Crippen LogP contribution < -0.4 is 0 Å².